The minimum absolute atomic E-state index is 0.266. The summed E-state index contributed by atoms with van der Waals surface area (Å²) in [5, 5.41) is 3.50. The zero-order valence-electron chi connectivity index (χ0n) is 13.2. The molecule has 1 aromatic rings. The Morgan fingerprint density at radius 3 is 2.50 bits per heavy atom. The van der Waals surface area contributed by atoms with Crippen LogP contribution in [0.25, 0.3) is 0 Å². The van der Waals surface area contributed by atoms with Gasteiger partial charge in [-0.1, -0.05) is 31.5 Å². The van der Waals surface area contributed by atoms with Crippen molar-refractivity contribution in [3.63, 3.8) is 0 Å². The number of ether oxygens (including phenoxy) is 1. The summed E-state index contributed by atoms with van der Waals surface area (Å²) >= 11 is 6.10. The average Bonchev–Trinajstić information content (AvgIpc) is 2.74. The van der Waals surface area contributed by atoms with Crippen molar-refractivity contribution < 1.29 is 14.3 Å². The van der Waals surface area contributed by atoms with Gasteiger partial charge in [-0.15, -0.1) is 0 Å². The maximum absolute atomic E-state index is 12.9. The fourth-order valence-electron chi connectivity index (χ4n) is 3.71. The van der Waals surface area contributed by atoms with E-state index in [2.05, 4.69) is 5.32 Å². The third kappa shape index (κ3) is 1.64. The van der Waals surface area contributed by atoms with Crippen molar-refractivity contribution in [1.29, 1.82) is 0 Å². The van der Waals surface area contributed by atoms with Gasteiger partial charge in [-0.05, 0) is 44.4 Å². The van der Waals surface area contributed by atoms with E-state index in [0.29, 0.717) is 23.6 Å². The van der Waals surface area contributed by atoms with E-state index in [4.69, 9.17) is 16.3 Å². The minimum Gasteiger partial charge on any atom is -0.448 e. The summed E-state index contributed by atoms with van der Waals surface area (Å²) in [5.41, 5.74) is -0.800. The lowest BCUT2D eigenvalue weighted by atomic mass is 9.66. The zero-order chi connectivity index (χ0) is 16.3. The first-order valence-corrected chi connectivity index (χ1v) is 7.83. The van der Waals surface area contributed by atoms with Crippen molar-refractivity contribution in [1.82, 2.24) is 0 Å². The predicted octanol–water partition coefficient (Wildman–Crippen LogP) is 3.71. The monoisotopic (exact) mass is 321 g/mol. The number of hydrogen-bond acceptors (Lipinski definition) is 3. The van der Waals surface area contributed by atoms with Crippen molar-refractivity contribution in [2.75, 3.05) is 5.32 Å². The predicted molar refractivity (Wildman–Crippen MR) is 84.8 cm³/mol. The highest BCUT2D eigenvalue weighted by molar-refractivity contribution is 6.31. The van der Waals surface area contributed by atoms with Crippen molar-refractivity contribution in [2.24, 2.45) is 10.8 Å². The number of fused-ring (bicyclic) bond motifs is 2. The molecule has 0 aromatic heterocycles. The highest BCUT2D eigenvalue weighted by Gasteiger charge is 2.75. The van der Waals surface area contributed by atoms with E-state index in [9.17, 15) is 9.59 Å². The molecule has 2 fully saturated rings. The van der Waals surface area contributed by atoms with Crippen molar-refractivity contribution in [3.8, 4) is 0 Å². The van der Waals surface area contributed by atoms with Gasteiger partial charge in [0.25, 0.3) is 5.91 Å². The quantitative estimate of drug-likeness (QED) is 0.845. The Morgan fingerprint density at radius 2 is 1.95 bits per heavy atom. The largest absolute Gasteiger partial charge is 0.448 e. The molecular formula is C17H20ClNO3. The lowest BCUT2D eigenvalue weighted by molar-refractivity contribution is -0.165. The molecule has 22 heavy (non-hydrogen) atoms. The average molecular weight is 322 g/mol. The first-order valence-electron chi connectivity index (χ1n) is 7.46. The molecule has 1 aromatic carbocycles. The first-order chi connectivity index (χ1) is 10.2. The molecule has 1 aliphatic heterocycles. The Labute approximate surface area is 135 Å². The number of halogens is 1. The second-order valence-electron chi connectivity index (χ2n) is 7.04. The molecule has 1 saturated carbocycles. The summed E-state index contributed by atoms with van der Waals surface area (Å²) in [4.78, 5) is 25.2. The summed E-state index contributed by atoms with van der Waals surface area (Å²) in [6.07, 6.45) is 1.22. The number of carbonyl (C=O) groups excluding carboxylic acids is 2. The lowest BCUT2D eigenvalue weighted by Gasteiger charge is -2.35. The van der Waals surface area contributed by atoms with Gasteiger partial charge in [0.05, 0.1) is 5.41 Å². The maximum atomic E-state index is 12.9. The Balaban J connectivity index is 1.96. The van der Waals surface area contributed by atoms with Crippen LogP contribution >= 0.6 is 11.6 Å². The number of nitrogens with one attached hydrogen (secondary N) is 1. The molecule has 4 nitrogen and oxygen atoms in total. The molecule has 2 unspecified atom stereocenters. The molecule has 118 valence electrons. The number of hydrogen-bond donors (Lipinski definition) is 1. The molecule has 0 radical (unpaired) electrons. The molecule has 1 saturated heterocycles. The number of amides is 1. The van der Waals surface area contributed by atoms with Crippen LogP contribution in [0.4, 0.5) is 5.69 Å². The molecule has 1 aliphatic carbocycles. The number of carbonyl (C=O) groups is 2. The van der Waals surface area contributed by atoms with Gasteiger partial charge >= 0.3 is 5.97 Å². The van der Waals surface area contributed by atoms with Gasteiger partial charge in [-0.2, -0.15) is 0 Å². The third-order valence-electron chi connectivity index (χ3n) is 5.97. The number of benzene rings is 1. The van der Waals surface area contributed by atoms with Crippen LogP contribution in [0, 0.1) is 17.8 Å². The van der Waals surface area contributed by atoms with Gasteiger partial charge < -0.3 is 10.1 Å². The summed E-state index contributed by atoms with van der Waals surface area (Å²) in [5.74, 6) is -0.542. The van der Waals surface area contributed by atoms with Gasteiger partial charge in [-0.3, -0.25) is 9.59 Å². The third-order valence-corrected chi connectivity index (χ3v) is 6.38. The van der Waals surface area contributed by atoms with E-state index in [-0.39, 0.29) is 11.9 Å². The van der Waals surface area contributed by atoms with Crippen LogP contribution in [0.5, 0.6) is 0 Å². The smallest absolute Gasteiger partial charge is 0.313 e. The van der Waals surface area contributed by atoms with Crippen LogP contribution in [0.1, 0.15) is 39.2 Å². The van der Waals surface area contributed by atoms with Crippen LogP contribution in [-0.2, 0) is 14.3 Å². The minimum atomic E-state index is -1.10. The molecule has 2 bridgehead atoms. The fourth-order valence-corrected chi connectivity index (χ4v) is 3.89. The number of rotatable bonds is 2. The van der Waals surface area contributed by atoms with E-state index in [1.165, 1.54) is 0 Å². The van der Waals surface area contributed by atoms with Gasteiger partial charge in [0.2, 0.25) is 0 Å². The molecule has 2 atom stereocenters. The highest BCUT2D eigenvalue weighted by Crippen LogP contribution is 2.65. The first kappa shape index (κ1) is 15.3. The second-order valence-corrected chi connectivity index (χ2v) is 7.45. The van der Waals surface area contributed by atoms with Crippen molar-refractivity contribution in [3.05, 3.63) is 28.8 Å². The van der Waals surface area contributed by atoms with E-state index in [1.807, 2.05) is 27.7 Å². The SMILES string of the molecule is Cc1c(Cl)cccc1NC(=O)C12CCC(C)(C(=O)O1)C2(C)C. The normalized spacial score (nSPS) is 32.0. The van der Waals surface area contributed by atoms with Crippen LogP contribution in [0.15, 0.2) is 18.2 Å². The van der Waals surface area contributed by atoms with Crippen LogP contribution in [0.3, 0.4) is 0 Å². The van der Waals surface area contributed by atoms with Gasteiger partial charge in [0.1, 0.15) is 0 Å². The van der Waals surface area contributed by atoms with Crippen LogP contribution < -0.4 is 5.32 Å². The van der Waals surface area contributed by atoms with Gasteiger partial charge in [0, 0.05) is 16.1 Å². The van der Waals surface area contributed by atoms with Gasteiger partial charge in [0.15, 0.2) is 5.60 Å². The molecule has 1 amide bonds. The van der Waals surface area contributed by atoms with Gasteiger partial charge in [-0.25, -0.2) is 0 Å². The van der Waals surface area contributed by atoms with Crippen LogP contribution in [0.2, 0.25) is 5.02 Å². The Bertz CT molecular complexity index is 684. The molecular weight excluding hydrogens is 302 g/mol. The second kappa shape index (κ2) is 4.48. The molecule has 1 N–H and O–H groups in total. The van der Waals surface area contributed by atoms with E-state index in [1.54, 1.807) is 18.2 Å². The molecule has 0 spiro atoms. The number of anilines is 1. The lowest BCUT2D eigenvalue weighted by Crippen LogP contribution is -2.50. The van der Waals surface area contributed by atoms with Crippen molar-refractivity contribution >= 4 is 29.2 Å². The highest BCUT2D eigenvalue weighted by atomic mass is 35.5. The Kier molecular flexibility index (Phi) is 3.12. The van der Waals surface area contributed by atoms with Crippen molar-refractivity contribution in [2.45, 2.75) is 46.1 Å². The number of esters is 1. The standard InChI is InChI=1S/C17H20ClNO3/c1-10-11(18)6-5-7-12(10)19-13(20)17-9-8-16(4,14(21)22-17)15(17,2)3/h5-7H,8-9H2,1-4H3,(H,19,20). The topological polar surface area (TPSA) is 55.4 Å². The summed E-state index contributed by atoms with van der Waals surface area (Å²) in [6, 6.07) is 5.36. The van der Waals surface area contributed by atoms with Crippen LogP contribution in [-0.4, -0.2) is 17.5 Å². The molecule has 3 rings (SSSR count). The van der Waals surface area contributed by atoms with E-state index >= 15 is 0 Å². The Morgan fingerprint density at radius 1 is 1.27 bits per heavy atom. The summed E-state index contributed by atoms with van der Waals surface area (Å²) < 4.78 is 5.59. The summed E-state index contributed by atoms with van der Waals surface area (Å²) in [6.45, 7) is 7.62. The van der Waals surface area contributed by atoms with E-state index < -0.39 is 16.4 Å². The van der Waals surface area contributed by atoms with E-state index in [0.717, 1.165) is 5.56 Å². The molecule has 5 heteroatoms. The Hall–Kier alpha value is -1.55. The molecule has 2 aliphatic rings. The summed E-state index contributed by atoms with van der Waals surface area (Å²) in [7, 11) is 0. The molecule has 1 heterocycles. The fraction of sp³-hybridized carbons (Fsp3) is 0.529. The maximum Gasteiger partial charge on any atom is 0.313 e. The zero-order valence-corrected chi connectivity index (χ0v) is 14.0.